The molecule has 0 bridgehead atoms. The molecule has 138 valence electrons. The number of carbonyl (C=O) groups is 1. The summed E-state index contributed by atoms with van der Waals surface area (Å²) in [6.45, 7) is 0.712. The third kappa shape index (κ3) is 3.92. The molecule has 0 spiro atoms. The van der Waals surface area contributed by atoms with E-state index in [2.05, 4.69) is 45.1 Å². The van der Waals surface area contributed by atoms with E-state index in [0.29, 0.717) is 24.3 Å². The summed E-state index contributed by atoms with van der Waals surface area (Å²) in [6.07, 6.45) is 8.22. The fraction of sp³-hybridized carbons (Fsp3) is 0.579. The Labute approximate surface area is 158 Å². The Morgan fingerprint density at radius 3 is 2.92 bits per heavy atom. The summed E-state index contributed by atoms with van der Waals surface area (Å²) in [6, 6.07) is 9.01. The second-order valence-corrected chi connectivity index (χ2v) is 8.17. The van der Waals surface area contributed by atoms with E-state index in [9.17, 15) is 4.79 Å². The van der Waals surface area contributed by atoms with Crippen molar-refractivity contribution in [2.24, 2.45) is 0 Å². The van der Waals surface area contributed by atoms with Crippen LogP contribution >= 0.6 is 11.8 Å². The average molecular weight is 372 g/mol. The van der Waals surface area contributed by atoms with E-state index in [0.717, 1.165) is 30.8 Å². The van der Waals surface area contributed by atoms with E-state index in [1.54, 1.807) is 0 Å². The van der Waals surface area contributed by atoms with Gasteiger partial charge in [0.05, 0.1) is 11.8 Å². The number of nitrogens with zero attached hydrogens (tertiary/aromatic N) is 4. The number of hydrogen-bond acceptors (Lipinski definition) is 5. The fourth-order valence-corrected chi connectivity index (χ4v) is 4.92. The first-order valence-corrected chi connectivity index (χ1v) is 10.5. The highest BCUT2D eigenvalue weighted by atomic mass is 32.2. The maximum Gasteiger partial charge on any atom is 0.230 e. The lowest BCUT2D eigenvalue weighted by Gasteiger charge is -2.25. The van der Waals surface area contributed by atoms with Crippen molar-refractivity contribution < 1.29 is 4.79 Å². The van der Waals surface area contributed by atoms with E-state index in [1.807, 2.05) is 4.68 Å². The Hall–Kier alpha value is -1.89. The van der Waals surface area contributed by atoms with Crippen LogP contribution in [0.1, 0.15) is 61.6 Å². The molecule has 1 aromatic heterocycles. The molecular weight excluding hydrogens is 346 g/mol. The highest BCUT2D eigenvalue weighted by Crippen LogP contribution is 2.32. The third-order valence-electron chi connectivity index (χ3n) is 5.50. The lowest BCUT2D eigenvalue weighted by molar-refractivity contribution is -0.118. The van der Waals surface area contributed by atoms with E-state index >= 15 is 0 Å². The van der Waals surface area contributed by atoms with Gasteiger partial charge in [-0.15, -0.1) is 5.10 Å². The second-order valence-electron chi connectivity index (χ2n) is 7.23. The molecule has 1 amide bonds. The molecule has 1 N–H and O–H groups in total. The molecule has 1 unspecified atom stereocenters. The van der Waals surface area contributed by atoms with Crippen molar-refractivity contribution >= 4 is 17.7 Å². The molecule has 1 heterocycles. The number of thioether (sulfide) groups is 1. The first kappa shape index (κ1) is 17.5. The maximum absolute atomic E-state index is 12.3. The van der Waals surface area contributed by atoms with Gasteiger partial charge in [0.1, 0.15) is 0 Å². The Kier molecular flexibility index (Phi) is 5.53. The minimum atomic E-state index is 0.0547. The van der Waals surface area contributed by atoms with E-state index in [1.165, 1.54) is 42.2 Å². The summed E-state index contributed by atoms with van der Waals surface area (Å²) in [4.78, 5) is 12.3. The summed E-state index contributed by atoms with van der Waals surface area (Å²) in [5.74, 6) is 0.846. The van der Waals surface area contributed by atoms with Crippen molar-refractivity contribution in [1.29, 1.82) is 0 Å². The molecule has 26 heavy (non-hydrogen) atoms. The van der Waals surface area contributed by atoms with Gasteiger partial charge in [0.2, 0.25) is 11.1 Å². The Balaban J connectivity index is 1.28. The van der Waals surface area contributed by atoms with E-state index in [4.69, 9.17) is 0 Å². The van der Waals surface area contributed by atoms with Crippen LogP contribution in [0.4, 0.5) is 0 Å². The normalized spacial score (nSPS) is 20.1. The van der Waals surface area contributed by atoms with Gasteiger partial charge < -0.3 is 5.32 Å². The van der Waals surface area contributed by atoms with Gasteiger partial charge in [-0.1, -0.05) is 48.9 Å². The van der Waals surface area contributed by atoms with Gasteiger partial charge in [0, 0.05) is 12.5 Å². The Morgan fingerprint density at radius 1 is 1.19 bits per heavy atom. The summed E-state index contributed by atoms with van der Waals surface area (Å²) < 4.78 is 1.91. The van der Waals surface area contributed by atoms with Crippen molar-refractivity contribution in [1.82, 2.24) is 25.5 Å². The number of nitrogens with one attached hydrogen (secondary N) is 1. The quantitative estimate of drug-likeness (QED) is 0.790. The maximum atomic E-state index is 12.3. The van der Waals surface area contributed by atoms with Crippen molar-refractivity contribution in [3.63, 3.8) is 0 Å². The number of benzene rings is 1. The summed E-state index contributed by atoms with van der Waals surface area (Å²) >= 11 is 1.44. The van der Waals surface area contributed by atoms with Crippen LogP contribution in [0.15, 0.2) is 29.4 Å². The number of fused-ring (bicyclic) bond motifs is 1. The first-order chi connectivity index (χ1) is 12.8. The van der Waals surface area contributed by atoms with Gasteiger partial charge in [0.15, 0.2) is 0 Å². The molecule has 0 aliphatic heterocycles. The minimum absolute atomic E-state index is 0.0547. The molecule has 2 aliphatic rings. The second kappa shape index (κ2) is 8.20. The van der Waals surface area contributed by atoms with Crippen LogP contribution in [0.5, 0.6) is 0 Å². The molecule has 1 aromatic carbocycles. The van der Waals surface area contributed by atoms with E-state index < -0.39 is 0 Å². The predicted molar refractivity (Wildman–Crippen MR) is 101 cm³/mol. The van der Waals surface area contributed by atoms with Gasteiger partial charge in [-0.2, -0.15) is 0 Å². The Bertz CT molecular complexity index is 756. The number of tetrazole rings is 1. The molecule has 2 aliphatic carbocycles. The predicted octanol–water partition coefficient (Wildman–Crippen LogP) is 3.12. The van der Waals surface area contributed by atoms with Crippen LogP contribution < -0.4 is 5.32 Å². The summed E-state index contributed by atoms with van der Waals surface area (Å²) in [7, 11) is 0. The number of aryl methyl sites for hydroxylation is 1. The van der Waals surface area contributed by atoms with Gasteiger partial charge in [0.25, 0.3) is 0 Å². The van der Waals surface area contributed by atoms with Crippen LogP contribution in [0.25, 0.3) is 0 Å². The number of rotatable bonds is 6. The first-order valence-electron chi connectivity index (χ1n) is 9.56. The standard InChI is InChI=1S/C19H25N5OS/c25-18(13-26-19-21-22-23-24(19)16-9-2-3-10-16)20-12-15-8-5-7-14-6-1-4-11-17(14)15/h1,4,6,11,15-16H,2-3,5,7-10,12-13H2,(H,20,25). The smallest absolute Gasteiger partial charge is 0.230 e. The van der Waals surface area contributed by atoms with Crippen molar-refractivity contribution in [3.8, 4) is 0 Å². The van der Waals surface area contributed by atoms with Crippen LogP contribution in [0.3, 0.4) is 0 Å². The zero-order valence-electron chi connectivity index (χ0n) is 14.9. The largest absolute Gasteiger partial charge is 0.355 e. The molecule has 1 fully saturated rings. The molecule has 2 aromatic rings. The molecule has 4 rings (SSSR count). The monoisotopic (exact) mass is 371 g/mol. The molecular formula is C19H25N5OS. The van der Waals surface area contributed by atoms with Crippen molar-refractivity contribution in [2.45, 2.75) is 62.1 Å². The van der Waals surface area contributed by atoms with Crippen LogP contribution in [-0.2, 0) is 11.2 Å². The highest BCUT2D eigenvalue weighted by Gasteiger charge is 2.23. The SMILES string of the molecule is O=C(CSc1nnnn1C1CCCC1)NCC1CCCc2ccccc21. The number of hydrogen-bond donors (Lipinski definition) is 1. The molecule has 0 radical (unpaired) electrons. The molecule has 0 saturated heterocycles. The topological polar surface area (TPSA) is 72.7 Å². The van der Waals surface area contributed by atoms with Gasteiger partial charge in [-0.05, 0) is 53.7 Å². The molecule has 1 atom stereocenters. The lowest BCUT2D eigenvalue weighted by Crippen LogP contribution is -2.31. The summed E-state index contributed by atoms with van der Waals surface area (Å²) in [5.41, 5.74) is 2.83. The third-order valence-corrected chi connectivity index (χ3v) is 6.44. The molecule has 7 heteroatoms. The van der Waals surface area contributed by atoms with Crippen LogP contribution in [-0.4, -0.2) is 38.4 Å². The number of carbonyl (C=O) groups excluding carboxylic acids is 1. The van der Waals surface area contributed by atoms with E-state index in [-0.39, 0.29) is 5.91 Å². The average Bonchev–Trinajstić information content (AvgIpc) is 3.35. The lowest BCUT2D eigenvalue weighted by atomic mass is 9.83. The molecule has 1 saturated carbocycles. The minimum Gasteiger partial charge on any atom is -0.355 e. The number of amides is 1. The van der Waals surface area contributed by atoms with Crippen molar-refractivity contribution in [2.75, 3.05) is 12.3 Å². The van der Waals surface area contributed by atoms with Gasteiger partial charge in [-0.3, -0.25) is 4.79 Å². The van der Waals surface area contributed by atoms with Crippen LogP contribution in [0.2, 0.25) is 0 Å². The Morgan fingerprint density at radius 2 is 2.04 bits per heavy atom. The van der Waals surface area contributed by atoms with Gasteiger partial charge in [-0.25, -0.2) is 4.68 Å². The van der Waals surface area contributed by atoms with Crippen LogP contribution in [0, 0.1) is 0 Å². The fourth-order valence-electron chi connectivity index (χ4n) is 4.14. The van der Waals surface area contributed by atoms with Crippen molar-refractivity contribution in [3.05, 3.63) is 35.4 Å². The van der Waals surface area contributed by atoms with Gasteiger partial charge >= 0.3 is 0 Å². The summed E-state index contributed by atoms with van der Waals surface area (Å²) in [5, 5.41) is 15.9. The number of aromatic nitrogens is 4. The zero-order chi connectivity index (χ0) is 17.8. The highest BCUT2D eigenvalue weighted by molar-refractivity contribution is 7.99. The molecule has 6 nitrogen and oxygen atoms in total. The zero-order valence-corrected chi connectivity index (χ0v) is 15.7.